The summed E-state index contributed by atoms with van der Waals surface area (Å²) in [5.41, 5.74) is 1.94. The number of aromatic nitrogens is 1. The molecule has 1 aromatic heterocycles. The van der Waals surface area contributed by atoms with Crippen molar-refractivity contribution in [3.05, 3.63) is 87.9 Å². The molecule has 0 fully saturated rings. The minimum absolute atomic E-state index is 0.0800. The Labute approximate surface area is 191 Å². The minimum atomic E-state index is -0.558. The van der Waals surface area contributed by atoms with Crippen LogP contribution in [0.2, 0.25) is 5.02 Å². The molecular weight excluding hydrogens is 482 g/mol. The number of hydrogen-bond donors (Lipinski definition) is 1. The Balaban J connectivity index is 1.61. The molecule has 0 radical (unpaired) electrons. The second-order valence-electron chi connectivity index (χ2n) is 6.74. The standard InChI is InChI=1S/C23H17BrClN3O3/c24-16-8-11-20-19(12-16)22(23(30)28(20)13-15-6-9-17(25)10-7-15)27-26-21(29)14-31-18-4-2-1-3-5-18/h1-12,30H,13-14H2. The minimum Gasteiger partial charge on any atom is -0.493 e. The van der Waals surface area contributed by atoms with Crippen molar-refractivity contribution >= 4 is 50.0 Å². The SMILES string of the molecule is O=C(COc1ccccc1)N=Nc1c(O)n(Cc2ccc(Cl)cc2)c2ccc(Br)cc12. The van der Waals surface area contributed by atoms with Gasteiger partial charge in [-0.1, -0.05) is 57.9 Å². The van der Waals surface area contributed by atoms with Gasteiger partial charge in [-0.15, -0.1) is 10.2 Å². The van der Waals surface area contributed by atoms with Gasteiger partial charge >= 0.3 is 5.91 Å². The molecule has 0 saturated carbocycles. The third kappa shape index (κ3) is 4.95. The molecule has 0 saturated heterocycles. The number of halogens is 2. The number of rotatable bonds is 6. The first kappa shape index (κ1) is 21.1. The average molecular weight is 499 g/mol. The fourth-order valence-corrected chi connectivity index (χ4v) is 3.61. The number of benzene rings is 3. The molecule has 0 aliphatic carbocycles. The van der Waals surface area contributed by atoms with Crippen LogP contribution in [-0.4, -0.2) is 22.2 Å². The Hall–Kier alpha value is -3.16. The van der Waals surface area contributed by atoms with Crippen molar-refractivity contribution in [3.63, 3.8) is 0 Å². The second kappa shape index (κ2) is 9.32. The van der Waals surface area contributed by atoms with Gasteiger partial charge in [0.2, 0.25) is 5.88 Å². The molecule has 1 amide bonds. The van der Waals surface area contributed by atoms with Crippen molar-refractivity contribution in [2.45, 2.75) is 6.54 Å². The zero-order chi connectivity index (χ0) is 21.8. The Morgan fingerprint density at radius 1 is 1.06 bits per heavy atom. The quantitative estimate of drug-likeness (QED) is 0.308. The predicted molar refractivity (Wildman–Crippen MR) is 123 cm³/mol. The number of aromatic hydroxyl groups is 1. The van der Waals surface area contributed by atoms with E-state index in [1.165, 1.54) is 0 Å². The molecule has 0 bridgehead atoms. The van der Waals surface area contributed by atoms with Crippen molar-refractivity contribution in [3.8, 4) is 11.6 Å². The highest BCUT2D eigenvalue weighted by atomic mass is 79.9. The number of para-hydroxylation sites is 1. The van der Waals surface area contributed by atoms with Gasteiger partial charge in [-0.25, -0.2) is 0 Å². The fourth-order valence-electron chi connectivity index (χ4n) is 3.12. The third-order valence-electron chi connectivity index (χ3n) is 4.59. The van der Waals surface area contributed by atoms with Crippen LogP contribution in [0.4, 0.5) is 5.69 Å². The van der Waals surface area contributed by atoms with Crippen LogP contribution in [0, 0.1) is 0 Å². The molecule has 0 aliphatic heterocycles. The number of ether oxygens (including phenoxy) is 1. The third-order valence-corrected chi connectivity index (χ3v) is 5.34. The molecule has 0 atom stereocenters. The molecule has 1 N–H and O–H groups in total. The number of nitrogens with zero attached hydrogens (tertiary/aromatic N) is 3. The molecule has 0 aliphatic rings. The molecule has 4 aromatic rings. The highest BCUT2D eigenvalue weighted by molar-refractivity contribution is 9.10. The van der Waals surface area contributed by atoms with Gasteiger partial charge in [-0.05, 0) is 48.0 Å². The molecule has 3 aromatic carbocycles. The Bertz CT molecular complexity index is 1250. The van der Waals surface area contributed by atoms with Gasteiger partial charge in [-0.3, -0.25) is 4.79 Å². The van der Waals surface area contributed by atoms with Crippen molar-refractivity contribution in [1.82, 2.24) is 4.57 Å². The van der Waals surface area contributed by atoms with Crippen LogP contribution in [0.25, 0.3) is 10.9 Å². The summed E-state index contributed by atoms with van der Waals surface area (Å²) in [6.07, 6.45) is 0. The molecular formula is C23H17BrClN3O3. The number of carbonyl (C=O) groups is 1. The van der Waals surface area contributed by atoms with Crippen molar-refractivity contribution in [1.29, 1.82) is 0 Å². The maximum atomic E-state index is 12.1. The summed E-state index contributed by atoms with van der Waals surface area (Å²) in [4.78, 5) is 12.1. The predicted octanol–water partition coefficient (Wildman–Crippen LogP) is 6.50. The molecule has 0 unspecified atom stereocenters. The fraction of sp³-hybridized carbons (Fsp3) is 0.0870. The summed E-state index contributed by atoms with van der Waals surface area (Å²) in [6.45, 7) is 0.156. The van der Waals surface area contributed by atoms with E-state index >= 15 is 0 Å². The van der Waals surface area contributed by atoms with Crippen LogP contribution >= 0.6 is 27.5 Å². The van der Waals surface area contributed by atoms with Crippen molar-refractivity contribution in [2.75, 3.05) is 6.61 Å². The monoisotopic (exact) mass is 497 g/mol. The summed E-state index contributed by atoms with van der Waals surface area (Å²) in [7, 11) is 0. The lowest BCUT2D eigenvalue weighted by atomic mass is 10.2. The summed E-state index contributed by atoms with van der Waals surface area (Å²) >= 11 is 9.41. The lowest BCUT2D eigenvalue weighted by molar-refractivity contribution is -0.120. The zero-order valence-electron chi connectivity index (χ0n) is 16.2. The van der Waals surface area contributed by atoms with Crippen molar-refractivity contribution < 1.29 is 14.6 Å². The summed E-state index contributed by atoms with van der Waals surface area (Å²) in [5.74, 6) is -0.0715. The van der Waals surface area contributed by atoms with Crippen LogP contribution in [0.3, 0.4) is 0 Å². The van der Waals surface area contributed by atoms with E-state index < -0.39 is 5.91 Å². The van der Waals surface area contributed by atoms with Crippen LogP contribution < -0.4 is 4.74 Å². The van der Waals surface area contributed by atoms with Crippen LogP contribution in [0.5, 0.6) is 11.6 Å². The van der Waals surface area contributed by atoms with Gasteiger partial charge in [0.1, 0.15) is 5.75 Å². The Morgan fingerprint density at radius 2 is 1.81 bits per heavy atom. The number of carbonyl (C=O) groups excluding carboxylic acids is 1. The van der Waals surface area contributed by atoms with Crippen LogP contribution in [0.1, 0.15) is 5.56 Å². The summed E-state index contributed by atoms with van der Waals surface area (Å²) in [6, 6.07) is 21.9. The normalized spacial score (nSPS) is 11.3. The van der Waals surface area contributed by atoms with Crippen LogP contribution in [-0.2, 0) is 11.3 Å². The highest BCUT2D eigenvalue weighted by Crippen LogP contribution is 2.40. The number of fused-ring (bicyclic) bond motifs is 1. The molecule has 8 heteroatoms. The highest BCUT2D eigenvalue weighted by Gasteiger charge is 2.18. The Morgan fingerprint density at radius 3 is 2.55 bits per heavy atom. The van der Waals surface area contributed by atoms with Crippen molar-refractivity contribution in [2.24, 2.45) is 10.2 Å². The first-order valence-corrected chi connectivity index (χ1v) is 10.6. The van der Waals surface area contributed by atoms with E-state index in [9.17, 15) is 9.90 Å². The number of amides is 1. The molecule has 1 heterocycles. The topological polar surface area (TPSA) is 76.2 Å². The largest absolute Gasteiger partial charge is 0.493 e. The molecule has 4 rings (SSSR count). The zero-order valence-corrected chi connectivity index (χ0v) is 18.5. The number of azo groups is 1. The Kier molecular flexibility index (Phi) is 6.34. The maximum Gasteiger partial charge on any atom is 0.302 e. The average Bonchev–Trinajstić information content (AvgIpc) is 3.03. The summed E-state index contributed by atoms with van der Waals surface area (Å²) < 4.78 is 7.93. The van der Waals surface area contributed by atoms with Gasteiger partial charge in [0.05, 0.1) is 12.1 Å². The van der Waals surface area contributed by atoms with Crippen LogP contribution in [0.15, 0.2) is 87.5 Å². The molecule has 0 spiro atoms. The van der Waals surface area contributed by atoms with E-state index in [1.54, 1.807) is 28.8 Å². The maximum absolute atomic E-state index is 12.1. The smallest absolute Gasteiger partial charge is 0.302 e. The molecule has 31 heavy (non-hydrogen) atoms. The van der Waals surface area contributed by atoms with E-state index in [-0.39, 0.29) is 18.2 Å². The van der Waals surface area contributed by atoms with Gasteiger partial charge in [0.15, 0.2) is 12.3 Å². The second-order valence-corrected chi connectivity index (χ2v) is 8.09. The van der Waals surface area contributed by atoms with Gasteiger partial charge < -0.3 is 14.4 Å². The van der Waals surface area contributed by atoms with E-state index in [4.69, 9.17) is 16.3 Å². The first-order chi connectivity index (χ1) is 15.0. The summed E-state index contributed by atoms with van der Waals surface area (Å²) in [5, 5.41) is 20.0. The van der Waals surface area contributed by atoms with Gasteiger partial charge in [0, 0.05) is 14.9 Å². The number of hydrogen-bond acceptors (Lipinski definition) is 4. The van der Waals surface area contributed by atoms with E-state index in [2.05, 4.69) is 26.2 Å². The molecule has 6 nitrogen and oxygen atoms in total. The van der Waals surface area contributed by atoms with E-state index in [0.717, 1.165) is 15.6 Å². The lowest BCUT2D eigenvalue weighted by Gasteiger charge is -2.07. The van der Waals surface area contributed by atoms with Gasteiger partial charge in [0.25, 0.3) is 0 Å². The molecule has 156 valence electrons. The first-order valence-electron chi connectivity index (χ1n) is 9.39. The van der Waals surface area contributed by atoms with E-state index in [1.807, 2.05) is 48.5 Å². The van der Waals surface area contributed by atoms with E-state index in [0.29, 0.717) is 22.7 Å². The lowest BCUT2D eigenvalue weighted by Crippen LogP contribution is -2.07. The van der Waals surface area contributed by atoms with Gasteiger partial charge in [-0.2, -0.15) is 0 Å².